The molecule has 0 radical (unpaired) electrons. The van der Waals surface area contributed by atoms with Gasteiger partial charge >= 0.3 is 0 Å². The second-order valence-electron chi connectivity index (χ2n) is 6.71. The lowest BCUT2D eigenvalue weighted by molar-refractivity contribution is 0.137. The van der Waals surface area contributed by atoms with Gasteiger partial charge < -0.3 is 15.0 Å². The van der Waals surface area contributed by atoms with Crippen molar-refractivity contribution >= 4 is 0 Å². The van der Waals surface area contributed by atoms with Gasteiger partial charge in [-0.1, -0.05) is 13.8 Å². The molecule has 0 aromatic carbocycles. The average molecular weight is 268 g/mol. The van der Waals surface area contributed by atoms with E-state index in [2.05, 4.69) is 24.1 Å². The lowest BCUT2D eigenvalue weighted by atomic mass is 9.78. The Bertz CT molecular complexity index is 259. The van der Waals surface area contributed by atoms with Crippen molar-refractivity contribution in [3.05, 3.63) is 0 Å². The van der Waals surface area contributed by atoms with Crippen molar-refractivity contribution in [3.8, 4) is 0 Å². The molecule has 1 aliphatic carbocycles. The third-order valence-corrected chi connectivity index (χ3v) is 4.98. The van der Waals surface area contributed by atoms with Gasteiger partial charge in [-0.15, -0.1) is 0 Å². The summed E-state index contributed by atoms with van der Waals surface area (Å²) in [4.78, 5) is 2.68. The zero-order valence-electron chi connectivity index (χ0n) is 13.0. The first kappa shape index (κ1) is 15.3. The molecule has 0 bridgehead atoms. The Kier molecular flexibility index (Phi) is 6.11. The van der Waals surface area contributed by atoms with Crippen LogP contribution in [0.5, 0.6) is 0 Å². The summed E-state index contributed by atoms with van der Waals surface area (Å²) in [6.07, 6.45) is 5.50. The fraction of sp³-hybridized carbons (Fsp3) is 1.00. The average Bonchev–Trinajstić information content (AvgIpc) is 2.81. The van der Waals surface area contributed by atoms with E-state index in [1.807, 2.05) is 7.11 Å². The topological polar surface area (TPSA) is 24.5 Å². The number of hydrogen-bond donors (Lipinski definition) is 1. The Morgan fingerprint density at radius 3 is 2.84 bits per heavy atom. The van der Waals surface area contributed by atoms with E-state index < -0.39 is 0 Å². The number of likely N-dealkylation sites (tertiary alicyclic amines) is 1. The van der Waals surface area contributed by atoms with E-state index in [1.54, 1.807) is 0 Å². The minimum Gasteiger partial charge on any atom is -0.384 e. The SMILES string of the molecule is CCNC1CCC(C)CC1CN1CCC(COC)C1. The van der Waals surface area contributed by atoms with Gasteiger partial charge in [-0.3, -0.25) is 0 Å². The van der Waals surface area contributed by atoms with Crippen LogP contribution < -0.4 is 5.32 Å². The third-order valence-electron chi connectivity index (χ3n) is 4.98. The van der Waals surface area contributed by atoms with Gasteiger partial charge in [0, 0.05) is 26.2 Å². The van der Waals surface area contributed by atoms with Crippen LogP contribution in [0.2, 0.25) is 0 Å². The second kappa shape index (κ2) is 7.61. The van der Waals surface area contributed by atoms with Crippen molar-refractivity contribution in [1.29, 1.82) is 0 Å². The van der Waals surface area contributed by atoms with Crippen molar-refractivity contribution in [2.45, 2.75) is 45.6 Å². The predicted molar refractivity (Wildman–Crippen MR) is 80.4 cm³/mol. The van der Waals surface area contributed by atoms with Gasteiger partial charge in [-0.2, -0.15) is 0 Å². The molecule has 0 amide bonds. The Morgan fingerprint density at radius 1 is 1.26 bits per heavy atom. The standard InChI is InChI=1S/C16H32N2O/c1-4-17-16-6-5-13(2)9-15(16)11-18-8-7-14(10-18)12-19-3/h13-17H,4-12H2,1-3H3. The first-order valence-corrected chi connectivity index (χ1v) is 8.17. The van der Waals surface area contributed by atoms with Crippen molar-refractivity contribution in [2.24, 2.45) is 17.8 Å². The summed E-state index contributed by atoms with van der Waals surface area (Å²) < 4.78 is 5.30. The molecule has 3 nitrogen and oxygen atoms in total. The Balaban J connectivity index is 1.81. The van der Waals surface area contributed by atoms with E-state index in [0.29, 0.717) is 0 Å². The Labute approximate surface area is 119 Å². The fourth-order valence-electron chi connectivity index (χ4n) is 4.01. The molecule has 19 heavy (non-hydrogen) atoms. The largest absolute Gasteiger partial charge is 0.384 e. The number of methoxy groups -OCH3 is 1. The Morgan fingerprint density at radius 2 is 2.11 bits per heavy atom. The first-order valence-electron chi connectivity index (χ1n) is 8.17. The second-order valence-corrected chi connectivity index (χ2v) is 6.71. The molecule has 0 spiro atoms. The zero-order valence-corrected chi connectivity index (χ0v) is 13.0. The fourth-order valence-corrected chi connectivity index (χ4v) is 4.01. The maximum atomic E-state index is 5.30. The summed E-state index contributed by atoms with van der Waals surface area (Å²) in [5.74, 6) is 2.53. The maximum Gasteiger partial charge on any atom is 0.0503 e. The molecule has 1 heterocycles. The van der Waals surface area contributed by atoms with E-state index in [-0.39, 0.29) is 0 Å². The summed E-state index contributed by atoms with van der Waals surface area (Å²) in [7, 11) is 1.83. The zero-order chi connectivity index (χ0) is 13.7. The highest BCUT2D eigenvalue weighted by molar-refractivity contribution is 4.87. The highest BCUT2D eigenvalue weighted by Crippen LogP contribution is 2.31. The summed E-state index contributed by atoms with van der Waals surface area (Å²) in [5.41, 5.74) is 0. The summed E-state index contributed by atoms with van der Waals surface area (Å²) >= 11 is 0. The maximum absolute atomic E-state index is 5.30. The first-order chi connectivity index (χ1) is 9.22. The summed E-state index contributed by atoms with van der Waals surface area (Å²) in [6.45, 7) is 10.5. The highest BCUT2D eigenvalue weighted by Gasteiger charge is 2.31. The molecule has 1 saturated carbocycles. The van der Waals surface area contributed by atoms with E-state index in [4.69, 9.17) is 4.74 Å². The van der Waals surface area contributed by atoms with E-state index in [9.17, 15) is 0 Å². The number of rotatable bonds is 6. The van der Waals surface area contributed by atoms with Crippen LogP contribution in [0.1, 0.15) is 39.5 Å². The smallest absolute Gasteiger partial charge is 0.0503 e. The van der Waals surface area contributed by atoms with E-state index >= 15 is 0 Å². The van der Waals surface area contributed by atoms with Crippen molar-refractivity contribution in [3.63, 3.8) is 0 Å². The van der Waals surface area contributed by atoms with Gasteiger partial charge in [0.2, 0.25) is 0 Å². The lowest BCUT2D eigenvalue weighted by Crippen LogP contribution is -2.45. The van der Waals surface area contributed by atoms with Crippen LogP contribution in [-0.2, 0) is 4.74 Å². The number of hydrogen-bond acceptors (Lipinski definition) is 3. The monoisotopic (exact) mass is 268 g/mol. The van der Waals surface area contributed by atoms with Crippen LogP contribution in [0.25, 0.3) is 0 Å². The third kappa shape index (κ3) is 4.44. The van der Waals surface area contributed by atoms with Gasteiger partial charge in [-0.05, 0) is 56.5 Å². The predicted octanol–water partition coefficient (Wildman–Crippen LogP) is 2.37. The molecular weight excluding hydrogens is 236 g/mol. The Hall–Kier alpha value is -0.120. The molecule has 1 aliphatic heterocycles. The number of nitrogens with one attached hydrogen (secondary N) is 1. The van der Waals surface area contributed by atoms with Gasteiger partial charge in [-0.25, -0.2) is 0 Å². The van der Waals surface area contributed by atoms with Gasteiger partial charge in [0.1, 0.15) is 0 Å². The van der Waals surface area contributed by atoms with Crippen molar-refractivity contribution < 1.29 is 4.74 Å². The molecular formula is C16H32N2O. The molecule has 4 unspecified atom stereocenters. The van der Waals surface area contributed by atoms with Crippen LogP contribution in [-0.4, -0.2) is 50.8 Å². The van der Waals surface area contributed by atoms with Crippen LogP contribution in [0.3, 0.4) is 0 Å². The normalized spacial score (nSPS) is 36.8. The van der Waals surface area contributed by atoms with E-state index in [0.717, 1.165) is 36.9 Å². The molecule has 2 fully saturated rings. The molecule has 2 rings (SSSR count). The van der Waals surface area contributed by atoms with Crippen LogP contribution in [0.15, 0.2) is 0 Å². The molecule has 0 aromatic heterocycles. The quantitative estimate of drug-likeness (QED) is 0.800. The molecule has 112 valence electrons. The van der Waals surface area contributed by atoms with Crippen molar-refractivity contribution in [2.75, 3.05) is 39.9 Å². The molecule has 3 heteroatoms. The summed E-state index contributed by atoms with van der Waals surface area (Å²) in [6, 6.07) is 0.752. The number of ether oxygens (including phenoxy) is 1. The minimum absolute atomic E-state index is 0.752. The molecule has 1 saturated heterocycles. The molecule has 4 atom stereocenters. The van der Waals surface area contributed by atoms with Gasteiger partial charge in [0.05, 0.1) is 6.61 Å². The number of nitrogens with zero attached hydrogens (tertiary/aromatic N) is 1. The summed E-state index contributed by atoms with van der Waals surface area (Å²) in [5, 5.41) is 3.71. The lowest BCUT2D eigenvalue weighted by Gasteiger charge is -2.37. The van der Waals surface area contributed by atoms with E-state index in [1.165, 1.54) is 45.3 Å². The molecule has 2 aliphatic rings. The molecule has 0 aromatic rings. The van der Waals surface area contributed by atoms with Crippen molar-refractivity contribution in [1.82, 2.24) is 10.2 Å². The van der Waals surface area contributed by atoms with Gasteiger partial charge in [0.25, 0.3) is 0 Å². The van der Waals surface area contributed by atoms with Crippen LogP contribution >= 0.6 is 0 Å². The molecule has 1 N–H and O–H groups in total. The van der Waals surface area contributed by atoms with Crippen LogP contribution in [0.4, 0.5) is 0 Å². The van der Waals surface area contributed by atoms with Gasteiger partial charge in [0.15, 0.2) is 0 Å². The minimum atomic E-state index is 0.752. The highest BCUT2D eigenvalue weighted by atomic mass is 16.5. The van der Waals surface area contributed by atoms with Crippen LogP contribution in [0, 0.1) is 17.8 Å².